The lowest BCUT2D eigenvalue weighted by Gasteiger charge is -2.29. The first kappa shape index (κ1) is 16.6. The van der Waals surface area contributed by atoms with Crippen LogP contribution >= 0.6 is 11.3 Å². The summed E-state index contributed by atoms with van der Waals surface area (Å²) in [5, 5.41) is 6.95. The Labute approximate surface area is 165 Å². The van der Waals surface area contributed by atoms with Crippen LogP contribution in [0.2, 0.25) is 0 Å². The third-order valence-electron chi connectivity index (χ3n) is 4.70. The zero-order valence-electron chi connectivity index (χ0n) is 14.8. The summed E-state index contributed by atoms with van der Waals surface area (Å²) in [5.41, 5.74) is 4.59. The van der Waals surface area contributed by atoms with Gasteiger partial charge in [0.15, 0.2) is 0 Å². The van der Waals surface area contributed by atoms with Crippen LogP contribution in [0.1, 0.15) is 22.2 Å². The molecule has 28 heavy (non-hydrogen) atoms. The number of nitrogens with zero attached hydrogens (tertiary/aromatic N) is 2. The van der Waals surface area contributed by atoms with Gasteiger partial charge in [0, 0.05) is 23.5 Å². The molecule has 2 amide bonds. The summed E-state index contributed by atoms with van der Waals surface area (Å²) >= 11 is 1.63. The van der Waals surface area contributed by atoms with Crippen molar-refractivity contribution in [2.24, 2.45) is 0 Å². The molecule has 0 saturated carbocycles. The lowest BCUT2D eigenvalue weighted by molar-refractivity contribution is 0.242. The Hall–Kier alpha value is -3.51. The van der Waals surface area contributed by atoms with Gasteiger partial charge in [0.2, 0.25) is 0 Å². The second-order valence-corrected chi connectivity index (χ2v) is 7.48. The average molecular weight is 384 g/mol. The largest absolute Gasteiger partial charge is 0.327 e. The van der Waals surface area contributed by atoms with E-state index >= 15 is 0 Å². The van der Waals surface area contributed by atoms with Crippen LogP contribution in [0.4, 0.5) is 4.79 Å². The molecule has 5 nitrogen and oxygen atoms in total. The number of fused-ring (bicyclic) bond motifs is 1. The highest BCUT2D eigenvalue weighted by Crippen LogP contribution is 2.40. The first-order valence-electron chi connectivity index (χ1n) is 8.92. The second-order valence-electron chi connectivity index (χ2n) is 6.45. The molecule has 3 heterocycles. The van der Waals surface area contributed by atoms with Gasteiger partial charge in [0.25, 0.3) is 0 Å². The van der Waals surface area contributed by atoms with Gasteiger partial charge in [-0.3, -0.25) is 4.98 Å². The maximum absolute atomic E-state index is 12.5. The molecule has 2 aromatic heterocycles. The molecule has 0 radical (unpaired) electrons. The number of amides is 2. The van der Waals surface area contributed by atoms with E-state index < -0.39 is 0 Å². The van der Waals surface area contributed by atoms with E-state index in [0.29, 0.717) is 0 Å². The molecule has 0 fully saturated rings. The highest BCUT2D eigenvalue weighted by Gasteiger charge is 2.31. The van der Waals surface area contributed by atoms with Crippen molar-refractivity contribution >= 4 is 38.9 Å². The van der Waals surface area contributed by atoms with Gasteiger partial charge in [0.05, 0.1) is 22.0 Å². The van der Waals surface area contributed by atoms with Crippen molar-refractivity contribution in [3.8, 4) is 0 Å². The molecule has 2 N–H and O–H groups in total. The monoisotopic (exact) mass is 384 g/mol. The van der Waals surface area contributed by atoms with Crippen LogP contribution < -0.4 is 10.6 Å². The molecule has 0 aliphatic carbocycles. The quantitative estimate of drug-likeness (QED) is 0.542. The SMILES string of the molecule is O=C1NC(c2ccncc2)=C(c2nc3ccccc3s2)[C@H](c2ccccc2)N1. The highest BCUT2D eigenvalue weighted by molar-refractivity contribution is 7.19. The molecule has 1 atom stereocenters. The van der Waals surface area contributed by atoms with Crippen LogP contribution in [0.25, 0.3) is 21.5 Å². The van der Waals surface area contributed by atoms with Crippen LogP contribution in [0.5, 0.6) is 0 Å². The third-order valence-corrected chi connectivity index (χ3v) is 5.77. The number of urea groups is 1. The summed E-state index contributed by atoms with van der Waals surface area (Å²) in [7, 11) is 0. The number of aromatic nitrogens is 2. The molecule has 2 aromatic carbocycles. The van der Waals surface area contributed by atoms with Crippen LogP contribution in [0.15, 0.2) is 79.1 Å². The second kappa shape index (κ2) is 6.90. The Kier molecular flexibility index (Phi) is 4.10. The molecule has 6 heteroatoms. The molecule has 136 valence electrons. The zero-order chi connectivity index (χ0) is 18.9. The maximum Gasteiger partial charge on any atom is 0.320 e. The van der Waals surface area contributed by atoms with Gasteiger partial charge in [-0.1, -0.05) is 42.5 Å². The number of pyridine rings is 1. The van der Waals surface area contributed by atoms with Crippen LogP contribution in [0.3, 0.4) is 0 Å². The Bertz CT molecular complexity index is 1150. The van der Waals surface area contributed by atoms with Crippen LogP contribution in [-0.4, -0.2) is 16.0 Å². The molecule has 4 aromatic rings. The number of carbonyl (C=O) groups excluding carboxylic acids is 1. The van der Waals surface area contributed by atoms with Crippen molar-refractivity contribution in [1.29, 1.82) is 0 Å². The minimum atomic E-state index is -0.293. The number of thiazole rings is 1. The number of rotatable bonds is 3. The Morgan fingerprint density at radius 2 is 1.64 bits per heavy atom. The third kappa shape index (κ3) is 2.93. The fraction of sp³-hybridized carbons (Fsp3) is 0.0455. The van der Waals surface area contributed by atoms with Gasteiger partial charge < -0.3 is 10.6 Å². The molecule has 0 spiro atoms. The molecule has 1 aliphatic rings. The Morgan fingerprint density at radius 1 is 0.893 bits per heavy atom. The minimum absolute atomic E-state index is 0.231. The first-order chi connectivity index (χ1) is 13.8. The highest BCUT2D eigenvalue weighted by atomic mass is 32.1. The van der Waals surface area contributed by atoms with Crippen molar-refractivity contribution in [2.75, 3.05) is 0 Å². The summed E-state index contributed by atoms with van der Waals surface area (Å²) in [4.78, 5) is 21.5. The van der Waals surface area contributed by atoms with Crippen molar-refractivity contribution < 1.29 is 4.79 Å². The maximum atomic E-state index is 12.5. The van der Waals surface area contributed by atoms with Gasteiger partial charge in [-0.25, -0.2) is 9.78 Å². The van der Waals surface area contributed by atoms with Crippen molar-refractivity contribution in [3.05, 3.63) is 95.3 Å². The van der Waals surface area contributed by atoms with Gasteiger partial charge in [-0.2, -0.15) is 0 Å². The predicted molar refractivity (Wildman–Crippen MR) is 112 cm³/mol. The van der Waals surface area contributed by atoms with E-state index in [0.717, 1.165) is 37.6 Å². The molecule has 0 saturated heterocycles. The summed E-state index contributed by atoms with van der Waals surface area (Å²) in [6.07, 6.45) is 3.45. The molecular weight excluding hydrogens is 368 g/mol. The van der Waals surface area contributed by atoms with E-state index in [2.05, 4.69) is 21.7 Å². The zero-order valence-corrected chi connectivity index (χ0v) is 15.6. The number of para-hydroxylation sites is 1. The molecular formula is C22H16N4OS. The summed E-state index contributed by atoms with van der Waals surface area (Å²) in [6, 6.07) is 21.3. The topological polar surface area (TPSA) is 66.9 Å². The Balaban J connectivity index is 1.78. The smallest absolute Gasteiger partial charge is 0.320 e. The van der Waals surface area contributed by atoms with E-state index in [1.807, 2.05) is 60.7 Å². The summed E-state index contributed by atoms with van der Waals surface area (Å²) in [6.45, 7) is 0. The molecule has 5 rings (SSSR count). The molecule has 1 aliphatic heterocycles. The van der Waals surface area contributed by atoms with Gasteiger partial charge >= 0.3 is 6.03 Å². The number of carbonyl (C=O) groups is 1. The van der Waals surface area contributed by atoms with E-state index in [4.69, 9.17) is 4.98 Å². The number of hydrogen-bond donors (Lipinski definition) is 2. The number of benzene rings is 2. The first-order valence-corrected chi connectivity index (χ1v) is 9.74. The fourth-order valence-electron chi connectivity index (χ4n) is 3.42. The van der Waals surface area contributed by atoms with Gasteiger partial charge in [-0.05, 0) is 29.8 Å². The van der Waals surface area contributed by atoms with E-state index in [1.165, 1.54) is 0 Å². The lowest BCUT2D eigenvalue weighted by atomic mass is 9.93. The van der Waals surface area contributed by atoms with Crippen LogP contribution in [-0.2, 0) is 0 Å². The average Bonchev–Trinajstić information content (AvgIpc) is 3.18. The van der Waals surface area contributed by atoms with E-state index in [9.17, 15) is 4.79 Å². The number of hydrogen-bond acceptors (Lipinski definition) is 4. The standard InChI is InChI=1S/C22H16N4OS/c27-22-25-19(14-6-2-1-3-7-14)18(20(26-22)15-10-12-23-13-11-15)21-24-16-8-4-5-9-17(16)28-21/h1-13,19H,(H2,25,26,27)/t19-/m0/s1. The predicted octanol–water partition coefficient (Wildman–Crippen LogP) is 4.61. The van der Waals surface area contributed by atoms with Gasteiger partial charge in [0.1, 0.15) is 5.01 Å². The van der Waals surface area contributed by atoms with Crippen molar-refractivity contribution in [2.45, 2.75) is 6.04 Å². The lowest BCUT2D eigenvalue weighted by Crippen LogP contribution is -2.42. The van der Waals surface area contributed by atoms with Crippen molar-refractivity contribution in [1.82, 2.24) is 20.6 Å². The fourth-order valence-corrected chi connectivity index (χ4v) is 4.47. The summed E-state index contributed by atoms with van der Waals surface area (Å²) < 4.78 is 1.11. The summed E-state index contributed by atoms with van der Waals surface area (Å²) in [5.74, 6) is 0. The Morgan fingerprint density at radius 3 is 2.43 bits per heavy atom. The van der Waals surface area contributed by atoms with Crippen LogP contribution in [0, 0.1) is 0 Å². The van der Waals surface area contributed by atoms with E-state index in [-0.39, 0.29) is 12.1 Å². The molecule has 0 unspecified atom stereocenters. The minimum Gasteiger partial charge on any atom is -0.327 e. The van der Waals surface area contributed by atoms with E-state index in [1.54, 1.807) is 23.7 Å². The van der Waals surface area contributed by atoms with Crippen molar-refractivity contribution in [3.63, 3.8) is 0 Å². The normalized spacial score (nSPS) is 16.7. The van der Waals surface area contributed by atoms with Gasteiger partial charge in [-0.15, -0.1) is 11.3 Å². The molecule has 0 bridgehead atoms. The number of nitrogens with one attached hydrogen (secondary N) is 2.